The molecule has 106 valence electrons. The molecular weight excluding hydrogens is 250 g/mol. The highest BCUT2D eigenvalue weighted by atomic mass is 16.1. The smallest absolute Gasteiger partial charge is 0.168 e. The van der Waals surface area contributed by atoms with Crippen molar-refractivity contribution in [1.82, 2.24) is 14.8 Å². The average molecular weight is 271 g/mol. The van der Waals surface area contributed by atoms with Crippen LogP contribution in [0.3, 0.4) is 0 Å². The van der Waals surface area contributed by atoms with Crippen LogP contribution in [0.4, 0.5) is 0 Å². The van der Waals surface area contributed by atoms with Gasteiger partial charge in [0.2, 0.25) is 0 Å². The van der Waals surface area contributed by atoms with Gasteiger partial charge in [-0.3, -0.25) is 14.5 Å². The molecule has 0 saturated heterocycles. The fraction of sp³-hybridized carbons (Fsp3) is 0.438. The lowest BCUT2D eigenvalue weighted by Gasteiger charge is -2.05. The first-order valence-electron chi connectivity index (χ1n) is 7.07. The number of ketones is 1. The molecule has 0 aliphatic rings. The predicted molar refractivity (Wildman–Crippen MR) is 79.0 cm³/mol. The monoisotopic (exact) mass is 271 g/mol. The maximum absolute atomic E-state index is 12.4. The van der Waals surface area contributed by atoms with Crippen molar-refractivity contribution in [1.29, 1.82) is 0 Å². The number of carbonyl (C=O) groups is 1. The second kappa shape index (κ2) is 5.99. The van der Waals surface area contributed by atoms with Crippen LogP contribution in [0, 0.1) is 13.8 Å². The van der Waals surface area contributed by atoms with E-state index in [9.17, 15) is 4.79 Å². The van der Waals surface area contributed by atoms with E-state index < -0.39 is 0 Å². The molecule has 0 aromatic carbocycles. The molecule has 0 aliphatic heterocycles. The third kappa shape index (κ3) is 3.13. The summed E-state index contributed by atoms with van der Waals surface area (Å²) in [5.41, 5.74) is 4.52. The summed E-state index contributed by atoms with van der Waals surface area (Å²) in [6.45, 7) is 8.73. The summed E-state index contributed by atoms with van der Waals surface area (Å²) in [4.78, 5) is 16.7. The van der Waals surface area contributed by atoms with E-state index in [-0.39, 0.29) is 5.78 Å². The van der Waals surface area contributed by atoms with E-state index in [0.717, 1.165) is 41.3 Å². The van der Waals surface area contributed by atoms with Crippen LogP contribution >= 0.6 is 0 Å². The molecule has 0 amide bonds. The highest BCUT2D eigenvalue weighted by Crippen LogP contribution is 2.12. The number of aromatic nitrogens is 3. The molecule has 4 nitrogen and oxygen atoms in total. The molecule has 0 saturated carbocycles. The molecule has 2 aromatic heterocycles. The largest absolute Gasteiger partial charge is 0.294 e. The lowest BCUT2D eigenvalue weighted by Crippen LogP contribution is -2.10. The van der Waals surface area contributed by atoms with Crippen LogP contribution in [0.1, 0.15) is 47.0 Å². The summed E-state index contributed by atoms with van der Waals surface area (Å²) in [7, 11) is 0. The minimum atomic E-state index is 0.121. The minimum absolute atomic E-state index is 0.121. The van der Waals surface area contributed by atoms with Gasteiger partial charge in [-0.1, -0.05) is 6.92 Å². The molecule has 20 heavy (non-hydrogen) atoms. The van der Waals surface area contributed by atoms with Crippen LogP contribution < -0.4 is 0 Å². The van der Waals surface area contributed by atoms with E-state index in [4.69, 9.17) is 0 Å². The zero-order valence-corrected chi connectivity index (χ0v) is 12.6. The number of hydrogen-bond acceptors (Lipinski definition) is 3. The SMILES string of the molecule is CCc1cc(CC(=O)c2cc(C)nc(C)c2)n(CC)n1. The van der Waals surface area contributed by atoms with Crippen molar-refractivity contribution >= 4 is 5.78 Å². The van der Waals surface area contributed by atoms with Crippen molar-refractivity contribution in [2.75, 3.05) is 0 Å². The molecule has 0 bridgehead atoms. The van der Waals surface area contributed by atoms with Crippen molar-refractivity contribution < 1.29 is 4.79 Å². The van der Waals surface area contributed by atoms with Gasteiger partial charge < -0.3 is 0 Å². The molecule has 0 N–H and O–H groups in total. The summed E-state index contributed by atoms with van der Waals surface area (Å²) in [6.07, 6.45) is 1.28. The summed E-state index contributed by atoms with van der Waals surface area (Å²) in [5, 5.41) is 4.48. The molecule has 0 fully saturated rings. The Hall–Kier alpha value is -1.97. The third-order valence-electron chi connectivity index (χ3n) is 3.32. The Morgan fingerprint density at radius 3 is 2.35 bits per heavy atom. The van der Waals surface area contributed by atoms with Gasteiger partial charge >= 0.3 is 0 Å². The standard InChI is InChI=1S/C16H21N3O/c1-5-14-9-15(19(6-2)18-14)10-16(20)13-7-11(3)17-12(4)8-13/h7-9H,5-6,10H2,1-4H3. The van der Waals surface area contributed by atoms with Crippen molar-refractivity contribution in [3.63, 3.8) is 0 Å². The predicted octanol–water partition coefficient (Wildman–Crippen LogP) is 2.90. The molecule has 2 heterocycles. The van der Waals surface area contributed by atoms with Crippen LogP contribution in [-0.4, -0.2) is 20.5 Å². The van der Waals surface area contributed by atoms with E-state index in [1.165, 1.54) is 0 Å². The zero-order valence-electron chi connectivity index (χ0n) is 12.6. The van der Waals surface area contributed by atoms with Gasteiger partial charge in [-0.2, -0.15) is 5.10 Å². The van der Waals surface area contributed by atoms with Crippen LogP contribution in [0.2, 0.25) is 0 Å². The van der Waals surface area contributed by atoms with Gasteiger partial charge in [0, 0.05) is 29.2 Å². The third-order valence-corrected chi connectivity index (χ3v) is 3.32. The Kier molecular flexibility index (Phi) is 4.32. The molecule has 0 aliphatic carbocycles. The normalized spacial score (nSPS) is 10.8. The van der Waals surface area contributed by atoms with E-state index in [2.05, 4.69) is 17.0 Å². The molecule has 0 spiro atoms. The first kappa shape index (κ1) is 14.4. The van der Waals surface area contributed by atoms with Crippen LogP contribution in [0.15, 0.2) is 18.2 Å². The Balaban J connectivity index is 2.25. The highest BCUT2D eigenvalue weighted by molar-refractivity contribution is 5.97. The summed E-state index contributed by atoms with van der Waals surface area (Å²) in [6, 6.07) is 5.73. The molecule has 2 aromatic rings. The number of rotatable bonds is 5. The van der Waals surface area contributed by atoms with E-state index in [1.807, 2.05) is 43.7 Å². The molecular formula is C16H21N3O. The van der Waals surface area contributed by atoms with Crippen LogP contribution in [-0.2, 0) is 19.4 Å². The van der Waals surface area contributed by atoms with Gasteiger partial charge in [0.1, 0.15) is 0 Å². The number of hydrogen-bond donors (Lipinski definition) is 0. The van der Waals surface area contributed by atoms with Crippen molar-refractivity contribution in [2.24, 2.45) is 0 Å². The van der Waals surface area contributed by atoms with Crippen molar-refractivity contribution in [3.05, 3.63) is 46.5 Å². The first-order valence-corrected chi connectivity index (χ1v) is 7.07. The number of pyridine rings is 1. The molecule has 4 heteroatoms. The van der Waals surface area contributed by atoms with E-state index >= 15 is 0 Å². The highest BCUT2D eigenvalue weighted by Gasteiger charge is 2.13. The van der Waals surface area contributed by atoms with Crippen molar-refractivity contribution in [3.8, 4) is 0 Å². The quantitative estimate of drug-likeness (QED) is 0.786. The van der Waals surface area contributed by atoms with Gasteiger partial charge in [-0.15, -0.1) is 0 Å². The number of carbonyl (C=O) groups excluding carboxylic acids is 1. The second-order valence-electron chi connectivity index (χ2n) is 5.03. The number of Topliss-reactive ketones (excluding diaryl/α,β-unsaturated/α-hetero) is 1. The average Bonchev–Trinajstić information content (AvgIpc) is 2.79. The minimum Gasteiger partial charge on any atom is -0.294 e. The van der Waals surface area contributed by atoms with Gasteiger partial charge in [0.25, 0.3) is 0 Å². The fourth-order valence-electron chi connectivity index (χ4n) is 2.37. The number of nitrogens with zero attached hydrogens (tertiary/aromatic N) is 3. The molecule has 0 radical (unpaired) electrons. The molecule has 0 unspecified atom stereocenters. The topological polar surface area (TPSA) is 47.8 Å². The Labute approximate surface area is 119 Å². The Bertz CT molecular complexity index is 608. The summed E-state index contributed by atoms with van der Waals surface area (Å²) < 4.78 is 1.91. The van der Waals surface area contributed by atoms with Gasteiger partial charge in [0.15, 0.2) is 5.78 Å². The summed E-state index contributed by atoms with van der Waals surface area (Å²) >= 11 is 0. The zero-order chi connectivity index (χ0) is 14.7. The van der Waals surface area contributed by atoms with E-state index in [0.29, 0.717) is 6.42 Å². The van der Waals surface area contributed by atoms with Gasteiger partial charge in [-0.05, 0) is 45.4 Å². The van der Waals surface area contributed by atoms with Crippen LogP contribution in [0.5, 0.6) is 0 Å². The summed E-state index contributed by atoms with van der Waals surface area (Å²) in [5.74, 6) is 0.121. The first-order chi connectivity index (χ1) is 9.53. The van der Waals surface area contributed by atoms with Gasteiger partial charge in [0.05, 0.1) is 12.1 Å². The Morgan fingerprint density at radius 2 is 1.80 bits per heavy atom. The van der Waals surface area contributed by atoms with E-state index in [1.54, 1.807) is 0 Å². The lowest BCUT2D eigenvalue weighted by atomic mass is 10.1. The molecule has 0 atom stereocenters. The number of aryl methyl sites for hydroxylation is 4. The van der Waals surface area contributed by atoms with Gasteiger partial charge in [-0.25, -0.2) is 0 Å². The lowest BCUT2D eigenvalue weighted by molar-refractivity contribution is 0.0990. The van der Waals surface area contributed by atoms with Crippen molar-refractivity contribution in [2.45, 2.75) is 47.1 Å². The maximum atomic E-state index is 12.4. The molecule has 2 rings (SSSR count). The Morgan fingerprint density at radius 1 is 1.15 bits per heavy atom. The van der Waals surface area contributed by atoms with Crippen LogP contribution in [0.25, 0.3) is 0 Å². The second-order valence-corrected chi connectivity index (χ2v) is 5.03. The maximum Gasteiger partial charge on any atom is 0.168 e. The fourth-order valence-corrected chi connectivity index (χ4v) is 2.37.